The molecule has 0 radical (unpaired) electrons. The van der Waals surface area contributed by atoms with Crippen LogP contribution in [0.5, 0.6) is 0 Å². The van der Waals surface area contributed by atoms with E-state index in [1.54, 1.807) is 4.90 Å². The van der Waals surface area contributed by atoms with Crippen LogP contribution >= 0.6 is 0 Å². The minimum atomic E-state index is -0.723. The van der Waals surface area contributed by atoms with Gasteiger partial charge in [0, 0.05) is 64.3 Å². The highest BCUT2D eigenvalue weighted by atomic mass is 16.7. The van der Waals surface area contributed by atoms with Crippen LogP contribution in [0.3, 0.4) is 0 Å². The lowest BCUT2D eigenvalue weighted by Gasteiger charge is -2.34. The molecular formula is C46H80N2O11. The van der Waals surface area contributed by atoms with Crippen molar-refractivity contribution in [3.05, 3.63) is 36.0 Å². The van der Waals surface area contributed by atoms with Crippen LogP contribution in [0.1, 0.15) is 115 Å². The van der Waals surface area contributed by atoms with Gasteiger partial charge in [-0.05, 0) is 99.3 Å². The largest absolute Gasteiger partial charge is 0.457 e. The molecule has 0 aromatic rings. The van der Waals surface area contributed by atoms with Crippen LogP contribution in [0, 0.1) is 17.8 Å². The van der Waals surface area contributed by atoms with E-state index < -0.39 is 36.5 Å². The summed E-state index contributed by atoms with van der Waals surface area (Å²) in [5, 5.41) is 0. The Morgan fingerprint density at radius 1 is 0.932 bits per heavy atom. The number of carbonyl (C=O) groups excluding carboxylic acids is 2. The maximum Gasteiger partial charge on any atom is 0.410 e. The number of ether oxygens (including phenoxy) is 9. The molecule has 340 valence electrons. The third kappa shape index (κ3) is 17.5. The molecule has 13 nitrogen and oxygen atoms in total. The van der Waals surface area contributed by atoms with Crippen molar-refractivity contribution >= 4 is 12.1 Å². The molecule has 3 aliphatic rings. The molecule has 0 saturated carbocycles. The zero-order valence-corrected chi connectivity index (χ0v) is 38.7. The molecule has 0 N–H and O–H groups in total. The summed E-state index contributed by atoms with van der Waals surface area (Å²) in [6, 6.07) is 0. The SMILES string of the molecule is CCOC(C)OC1CCC(C)C(OC(=O)N2CCN(C)CC2)/C=C\C(C)C(/C(C)=C/C=C/C(C)(CC2OC2C(C)C(CC)OC(C)OCC)OC(C)OCC)OC(=O)C1. The van der Waals surface area contributed by atoms with E-state index >= 15 is 0 Å². The number of allylic oxidation sites excluding steroid dienone is 2. The highest BCUT2D eigenvalue weighted by Gasteiger charge is 2.49. The number of likely N-dealkylation sites (N-methyl/N-ethyl adjacent to an activating group) is 1. The first kappa shape index (κ1) is 51.0. The summed E-state index contributed by atoms with van der Waals surface area (Å²) in [7, 11) is 2.06. The van der Waals surface area contributed by atoms with Crippen LogP contribution in [0.15, 0.2) is 36.0 Å². The molecule has 13 unspecified atom stereocenters. The Bertz CT molecular complexity index is 1340. The summed E-state index contributed by atoms with van der Waals surface area (Å²) < 4.78 is 54.8. The number of cyclic esters (lactones) is 1. The first-order chi connectivity index (χ1) is 28.0. The Morgan fingerprint density at radius 2 is 1.58 bits per heavy atom. The van der Waals surface area contributed by atoms with Crippen LogP contribution in [0.4, 0.5) is 4.79 Å². The minimum Gasteiger partial charge on any atom is -0.457 e. The molecule has 2 fully saturated rings. The molecule has 0 aromatic heterocycles. The van der Waals surface area contributed by atoms with E-state index in [0.717, 1.165) is 25.1 Å². The zero-order chi connectivity index (χ0) is 43.7. The summed E-state index contributed by atoms with van der Waals surface area (Å²) in [4.78, 5) is 31.0. The van der Waals surface area contributed by atoms with Crippen molar-refractivity contribution in [2.24, 2.45) is 17.8 Å². The highest BCUT2D eigenvalue weighted by Crippen LogP contribution is 2.40. The lowest BCUT2D eigenvalue weighted by molar-refractivity contribution is -0.181. The maximum absolute atomic E-state index is 13.6. The number of epoxide rings is 1. The van der Waals surface area contributed by atoms with Crippen molar-refractivity contribution in [1.82, 2.24) is 9.80 Å². The van der Waals surface area contributed by atoms with Crippen LogP contribution in [-0.2, 0) is 47.4 Å². The number of hydrogen-bond donors (Lipinski definition) is 0. The topological polar surface area (TPSA) is 127 Å². The summed E-state index contributed by atoms with van der Waals surface area (Å²) in [5.74, 6) is -0.431. The van der Waals surface area contributed by atoms with E-state index in [9.17, 15) is 9.59 Å². The van der Waals surface area contributed by atoms with E-state index in [-0.39, 0.29) is 60.8 Å². The molecule has 13 heteroatoms. The second-order valence-corrected chi connectivity index (χ2v) is 16.9. The second-order valence-electron chi connectivity index (χ2n) is 16.9. The fraction of sp³-hybridized carbons (Fsp3) is 0.826. The molecule has 0 aromatic carbocycles. The van der Waals surface area contributed by atoms with E-state index in [2.05, 4.69) is 32.7 Å². The average molecular weight is 837 g/mol. The number of carbonyl (C=O) groups is 2. The first-order valence-corrected chi connectivity index (χ1v) is 22.4. The van der Waals surface area contributed by atoms with E-state index in [4.69, 9.17) is 42.6 Å². The van der Waals surface area contributed by atoms with Crippen LogP contribution < -0.4 is 0 Å². The summed E-state index contributed by atoms with van der Waals surface area (Å²) in [5.41, 5.74) is 0.128. The first-order valence-electron chi connectivity index (χ1n) is 22.4. The normalized spacial score (nSPS) is 30.6. The Balaban J connectivity index is 1.86. The van der Waals surface area contributed by atoms with E-state index in [1.165, 1.54) is 0 Å². The van der Waals surface area contributed by atoms with Crippen LogP contribution in [0.25, 0.3) is 0 Å². The number of amides is 1. The predicted molar refractivity (Wildman–Crippen MR) is 229 cm³/mol. The van der Waals surface area contributed by atoms with Crippen molar-refractivity contribution in [3.8, 4) is 0 Å². The van der Waals surface area contributed by atoms with Gasteiger partial charge in [-0.2, -0.15) is 0 Å². The van der Waals surface area contributed by atoms with Crippen molar-refractivity contribution in [2.75, 3.05) is 53.0 Å². The summed E-state index contributed by atoms with van der Waals surface area (Å²) >= 11 is 0. The molecule has 0 aliphatic carbocycles. The molecule has 2 saturated heterocycles. The monoisotopic (exact) mass is 837 g/mol. The molecule has 3 rings (SSSR count). The van der Waals surface area contributed by atoms with Crippen molar-refractivity contribution in [2.45, 2.75) is 176 Å². The van der Waals surface area contributed by atoms with Crippen molar-refractivity contribution in [1.29, 1.82) is 0 Å². The molecule has 13 atom stereocenters. The Morgan fingerprint density at radius 3 is 2.22 bits per heavy atom. The van der Waals surface area contributed by atoms with Gasteiger partial charge in [0.15, 0.2) is 18.9 Å². The molecule has 0 spiro atoms. The van der Waals surface area contributed by atoms with Gasteiger partial charge >= 0.3 is 12.1 Å². The van der Waals surface area contributed by atoms with Crippen LogP contribution in [0.2, 0.25) is 0 Å². The molecule has 0 bridgehead atoms. The molecular weight excluding hydrogens is 757 g/mol. The number of nitrogens with zero attached hydrogens (tertiary/aromatic N) is 2. The summed E-state index contributed by atoms with van der Waals surface area (Å²) in [6.07, 6.45) is 9.76. The lowest BCUT2D eigenvalue weighted by Crippen LogP contribution is -2.48. The lowest BCUT2D eigenvalue weighted by atomic mass is 9.90. The van der Waals surface area contributed by atoms with Gasteiger partial charge in [0.05, 0.1) is 36.4 Å². The fourth-order valence-corrected chi connectivity index (χ4v) is 8.09. The van der Waals surface area contributed by atoms with E-state index in [0.29, 0.717) is 52.2 Å². The molecule has 3 heterocycles. The van der Waals surface area contributed by atoms with Gasteiger partial charge in [0.25, 0.3) is 0 Å². The molecule has 1 amide bonds. The van der Waals surface area contributed by atoms with Crippen molar-refractivity contribution < 1.29 is 52.2 Å². The second kappa shape index (κ2) is 25.5. The minimum absolute atomic E-state index is 0.00399. The molecule has 59 heavy (non-hydrogen) atoms. The quantitative estimate of drug-likeness (QED) is 0.0365. The Kier molecular flexibility index (Phi) is 22.1. The van der Waals surface area contributed by atoms with Gasteiger partial charge in [-0.25, -0.2) is 4.79 Å². The van der Waals surface area contributed by atoms with Gasteiger partial charge < -0.3 is 52.4 Å². The van der Waals surface area contributed by atoms with Gasteiger partial charge in [0.2, 0.25) is 0 Å². The predicted octanol–water partition coefficient (Wildman–Crippen LogP) is 8.06. The Labute approximate surface area is 356 Å². The third-order valence-corrected chi connectivity index (χ3v) is 11.6. The zero-order valence-electron chi connectivity index (χ0n) is 38.7. The summed E-state index contributed by atoms with van der Waals surface area (Å²) in [6.45, 7) is 28.4. The number of piperazine rings is 1. The average Bonchev–Trinajstić information content (AvgIpc) is 3.94. The van der Waals surface area contributed by atoms with E-state index in [1.807, 2.05) is 92.7 Å². The van der Waals surface area contributed by atoms with Gasteiger partial charge in [-0.3, -0.25) is 4.79 Å². The van der Waals surface area contributed by atoms with Crippen LogP contribution in [-0.4, -0.2) is 136 Å². The standard InChI is InChI=1S/C46H80N2O11/c1-14-39(55-36(10)52-16-3)34(8)44-41(56-44)30-46(12,59-37(11)53-17-4)24-18-19-32(6)43-33(7)21-23-40(57-45(50)48-27-25-47(13)26-28-48)31(5)20-22-38(29-42(49)58-43)54-35(9)51-15-2/h18-19,21,23-24,31,33-41,43-44H,14-17,20,22,25-30H2,1-13H3/b23-21-,24-18+,32-19+. The van der Waals surface area contributed by atoms with Gasteiger partial charge in [-0.1, -0.05) is 52.0 Å². The number of rotatable bonds is 21. The molecule has 3 aliphatic heterocycles. The Hall–Kier alpha value is -2.36. The van der Waals surface area contributed by atoms with Gasteiger partial charge in [-0.15, -0.1) is 0 Å². The number of esters is 1. The third-order valence-electron chi connectivity index (χ3n) is 11.6. The fourth-order valence-electron chi connectivity index (χ4n) is 8.09. The highest BCUT2D eigenvalue weighted by molar-refractivity contribution is 5.70. The van der Waals surface area contributed by atoms with Gasteiger partial charge in [0.1, 0.15) is 12.2 Å². The smallest absolute Gasteiger partial charge is 0.410 e. The number of hydrogen-bond acceptors (Lipinski definition) is 12. The van der Waals surface area contributed by atoms with Crippen molar-refractivity contribution in [3.63, 3.8) is 0 Å². The maximum atomic E-state index is 13.6.